The molecule has 0 atom stereocenters. The topological polar surface area (TPSA) is 78.8 Å². The summed E-state index contributed by atoms with van der Waals surface area (Å²) in [5.41, 5.74) is 5.81. The number of aromatic nitrogens is 3. The van der Waals surface area contributed by atoms with E-state index in [0.717, 1.165) is 46.4 Å². The number of allylic oxidation sites excluding steroid dienone is 1. The highest BCUT2D eigenvalue weighted by Gasteiger charge is 2.22. The van der Waals surface area contributed by atoms with Gasteiger partial charge in [-0.25, -0.2) is 9.97 Å². The monoisotopic (exact) mass is 366 g/mol. The molecule has 0 saturated heterocycles. The van der Waals surface area contributed by atoms with E-state index in [1.165, 1.54) is 0 Å². The van der Waals surface area contributed by atoms with Gasteiger partial charge in [0.15, 0.2) is 0 Å². The number of para-hydroxylation sites is 3. The Kier molecular flexibility index (Phi) is 3.86. The molecule has 0 radical (unpaired) electrons. The maximum atomic E-state index is 11.9. The Morgan fingerprint density at radius 2 is 1.68 bits per heavy atom. The molecule has 28 heavy (non-hydrogen) atoms. The number of rotatable bonds is 2. The fourth-order valence-corrected chi connectivity index (χ4v) is 3.93. The SMILES string of the molecule is O=C([O-])c1c2c(nc3ccccc13)/C(=C/c1cnc3ccccc3n1)CCC2. The molecule has 1 aliphatic rings. The molecule has 5 nitrogen and oxygen atoms in total. The summed E-state index contributed by atoms with van der Waals surface area (Å²) in [6.45, 7) is 0. The zero-order chi connectivity index (χ0) is 19.1. The number of hydrogen-bond acceptors (Lipinski definition) is 5. The maximum absolute atomic E-state index is 11.9. The van der Waals surface area contributed by atoms with Crippen LogP contribution in [-0.4, -0.2) is 20.9 Å². The Morgan fingerprint density at radius 3 is 2.50 bits per heavy atom. The van der Waals surface area contributed by atoms with Gasteiger partial charge in [-0.1, -0.05) is 30.3 Å². The van der Waals surface area contributed by atoms with Crippen LogP contribution in [0.25, 0.3) is 33.6 Å². The van der Waals surface area contributed by atoms with Crippen molar-refractivity contribution >= 4 is 39.6 Å². The van der Waals surface area contributed by atoms with Crippen LogP contribution in [0.3, 0.4) is 0 Å². The van der Waals surface area contributed by atoms with Crippen molar-refractivity contribution in [2.45, 2.75) is 19.3 Å². The van der Waals surface area contributed by atoms with E-state index in [4.69, 9.17) is 4.98 Å². The minimum Gasteiger partial charge on any atom is -0.545 e. The van der Waals surface area contributed by atoms with Crippen molar-refractivity contribution in [2.75, 3.05) is 0 Å². The smallest absolute Gasteiger partial charge is 0.0894 e. The highest BCUT2D eigenvalue weighted by molar-refractivity contribution is 6.05. The summed E-state index contributed by atoms with van der Waals surface area (Å²) < 4.78 is 0. The summed E-state index contributed by atoms with van der Waals surface area (Å²) in [6.07, 6.45) is 6.07. The molecule has 2 aromatic heterocycles. The van der Waals surface area contributed by atoms with Gasteiger partial charge in [0.25, 0.3) is 0 Å². The molecule has 1 aliphatic carbocycles. The van der Waals surface area contributed by atoms with Crippen molar-refractivity contribution in [1.29, 1.82) is 0 Å². The maximum Gasteiger partial charge on any atom is 0.0894 e. The van der Waals surface area contributed by atoms with Crippen LogP contribution >= 0.6 is 0 Å². The van der Waals surface area contributed by atoms with Crippen LogP contribution in [0.15, 0.2) is 54.7 Å². The van der Waals surface area contributed by atoms with E-state index in [1.54, 1.807) is 12.3 Å². The predicted octanol–water partition coefficient (Wildman–Crippen LogP) is 3.42. The van der Waals surface area contributed by atoms with Crippen LogP contribution in [0, 0.1) is 0 Å². The number of aromatic carboxylic acids is 1. The van der Waals surface area contributed by atoms with E-state index in [1.807, 2.05) is 48.5 Å². The number of carboxylic acids is 1. The number of nitrogens with zero attached hydrogens (tertiary/aromatic N) is 3. The van der Waals surface area contributed by atoms with Gasteiger partial charge >= 0.3 is 0 Å². The summed E-state index contributed by atoms with van der Waals surface area (Å²) in [5.74, 6) is -1.15. The Labute approximate surface area is 161 Å². The Bertz CT molecular complexity index is 1280. The average molecular weight is 366 g/mol. The van der Waals surface area contributed by atoms with Crippen molar-refractivity contribution in [3.8, 4) is 0 Å². The van der Waals surface area contributed by atoms with Crippen LogP contribution in [0.4, 0.5) is 0 Å². The van der Waals surface area contributed by atoms with Gasteiger partial charge in [0.1, 0.15) is 0 Å². The first-order valence-corrected chi connectivity index (χ1v) is 9.26. The molecule has 0 fully saturated rings. The van der Waals surface area contributed by atoms with E-state index < -0.39 is 5.97 Å². The highest BCUT2D eigenvalue weighted by atomic mass is 16.4. The third-order valence-corrected chi connectivity index (χ3v) is 5.16. The second kappa shape index (κ2) is 6.53. The van der Waals surface area contributed by atoms with Crippen LogP contribution in [-0.2, 0) is 6.42 Å². The summed E-state index contributed by atoms with van der Waals surface area (Å²) >= 11 is 0. The zero-order valence-corrected chi connectivity index (χ0v) is 15.1. The highest BCUT2D eigenvalue weighted by Crippen LogP contribution is 2.35. The minimum absolute atomic E-state index is 0.260. The predicted molar refractivity (Wildman–Crippen MR) is 106 cm³/mol. The Morgan fingerprint density at radius 1 is 0.929 bits per heavy atom. The first kappa shape index (κ1) is 16.6. The van der Waals surface area contributed by atoms with Crippen molar-refractivity contribution in [3.05, 3.63) is 77.2 Å². The van der Waals surface area contributed by atoms with E-state index in [-0.39, 0.29) is 5.56 Å². The number of carbonyl (C=O) groups excluding carboxylic acids is 1. The molecular formula is C23H16N3O2-. The molecule has 4 aromatic rings. The van der Waals surface area contributed by atoms with Gasteiger partial charge in [-0.2, -0.15) is 0 Å². The lowest BCUT2D eigenvalue weighted by Gasteiger charge is -2.23. The molecule has 0 spiro atoms. The average Bonchev–Trinajstić information content (AvgIpc) is 2.72. The van der Waals surface area contributed by atoms with E-state index >= 15 is 0 Å². The summed E-state index contributed by atoms with van der Waals surface area (Å²) in [7, 11) is 0. The molecule has 5 rings (SSSR count). The van der Waals surface area contributed by atoms with E-state index in [0.29, 0.717) is 17.3 Å². The van der Waals surface area contributed by atoms with Gasteiger partial charge in [0.05, 0.1) is 40.1 Å². The van der Waals surface area contributed by atoms with Gasteiger partial charge in [-0.3, -0.25) is 4.98 Å². The first-order chi connectivity index (χ1) is 13.7. The number of carbonyl (C=O) groups is 1. The fourth-order valence-electron chi connectivity index (χ4n) is 3.93. The normalized spacial score (nSPS) is 15.1. The molecule has 0 amide bonds. The van der Waals surface area contributed by atoms with Crippen molar-refractivity contribution < 1.29 is 9.90 Å². The quantitative estimate of drug-likeness (QED) is 0.543. The molecule has 5 heteroatoms. The molecule has 136 valence electrons. The third kappa shape index (κ3) is 2.72. The number of pyridine rings is 1. The fraction of sp³-hybridized carbons (Fsp3) is 0.130. The summed E-state index contributed by atoms with van der Waals surface area (Å²) in [4.78, 5) is 25.8. The lowest BCUT2D eigenvalue weighted by Crippen LogP contribution is -2.26. The molecule has 0 unspecified atom stereocenters. The van der Waals surface area contributed by atoms with Crippen molar-refractivity contribution in [1.82, 2.24) is 15.0 Å². The zero-order valence-electron chi connectivity index (χ0n) is 15.1. The lowest BCUT2D eigenvalue weighted by molar-refractivity contribution is -0.254. The molecule has 0 bridgehead atoms. The van der Waals surface area contributed by atoms with E-state index in [2.05, 4.69) is 9.97 Å². The van der Waals surface area contributed by atoms with Gasteiger partial charge in [-0.15, -0.1) is 0 Å². The summed E-state index contributed by atoms with van der Waals surface area (Å²) in [5, 5.41) is 12.6. The number of carboxylic acid groups (broad SMARTS) is 1. The van der Waals surface area contributed by atoms with Crippen LogP contribution in [0.1, 0.15) is 40.2 Å². The number of benzene rings is 2. The van der Waals surface area contributed by atoms with Crippen LogP contribution in [0.2, 0.25) is 0 Å². The molecule has 2 heterocycles. The van der Waals surface area contributed by atoms with Gasteiger partial charge in [0, 0.05) is 10.9 Å². The molecular weight excluding hydrogens is 350 g/mol. The van der Waals surface area contributed by atoms with Gasteiger partial charge in [0.2, 0.25) is 0 Å². The van der Waals surface area contributed by atoms with Crippen molar-refractivity contribution in [2.24, 2.45) is 0 Å². The molecule has 0 saturated carbocycles. The first-order valence-electron chi connectivity index (χ1n) is 9.26. The summed E-state index contributed by atoms with van der Waals surface area (Å²) in [6, 6.07) is 15.0. The second-order valence-electron chi connectivity index (χ2n) is 6.93. The van der Waals surface area contributed by atoms with Crippen LogP contribution < -0.4 is 5.11 Å². The van der Waals surface area contributed by atoms with Gasteiger partial charge in [-0.05, 0) is 54.7 Å². The molecule has 0 N–H and O–H groups in total. The van der Waals surface area contributed by atoms with E-state index in [9.17, 15) is 9.90 Å². The molecule has 0 aliphatic heterocycles. The lowest BCUT2D eigenvalue weighted by atomic mass is 9.86. The molecule has 2 aromatic carbocycles. The largest absolute Gasteiger partial charge is 0.545 e. The number of fused-ring (bicyclic) bond motifs is 3. The van der Waals surface area contributed by atoms with Crippen LogP contribution in [0.5, 0.6) is 0 Å². The van der Waals surface area contributed by atoms with Crippen molar-refractivity contribution in [3.63, 3.8) is 0 Å². The second-order valence-corrected chi connectivity index (χ2v) is 6.93. The standard InChI is InChI=1S/C23H17N3O2/c27-23(28)21-16-7-1-2-9-18(16)26-22-14(6-5-8-17(21)22)12-15-13-24-19-10-3-4-11-20(19)25-15/h1-4,7,9-13H,5-6,8H2,(H,27,28)/p-1/b14-12+. The Hall–Kier alpha value is -3.60. The third-order valence-electron chi connectivity index (χ3n) is 5.16. The van der Waals surface area contributed by atoms with Gasteiger partial charge < -0.3 is 9.90 Å². The number of hydrogen-bond donors (Lipinski definition) is 0. The Balaban J connectivity index is 1.71. The minimum atomic E-state index is -1.15.